The predicted molar refractivity (Wildman–Crippen MR) is 58.7 cm³/mol. The highest BCUT2D eigenvalue weighted by Gasteiger charge is 1.97. The lowest BCUT2D eigenvalue weighted by Gasteiger charge is -2.03. The first kappa shape index (κ1) is 13.2. The number of nitrogens with one attached hydrogen (secondary N) is 2. The molecule has 0 rings (SSSR count). The summed E-state index contributed by atoms with van der Waals surface area (Å²) in [7, 11) is -3.00. The van der Waals surface area contributed by atoms with E-state index in [1.807, 2.05) is 0 Å². The van der Waals surface area contributed by atoms with Crippen LogP contribution in [0.1, 0.15) is 6.42 Å². The maximum absolute atomic E-state index is 10.6. The first-order valence-electron chi connectivity index (χ1n) is 4.20. The van der Waals surface area contributed by atoms with Crippen LogP contribution in [0.3, 0.4) is 0 Å². The zero-order valence-corrected chi connectivity index (χ0v) is 9.80. The Morgan fingerprint density at radius 1 is 1.23 bits per heavy atom. The van der Waals surface area contributed by atoms with Gasteiger partial charge >= 0.3 is 0 Å². The Labute approximate surface area is 84.9 Å². The van der Waals surface area contributed by atoms with E-state index in [1.54, 1.807) is 11.8 Å². The van der Waals surface area contributed by atoms with Gasteiger partial charge in [0, 0.05) is 18.8 Å². The van der Waals surface area contributed by atoms with Gasteiger partial charge in [0.25, 0.3) is 0 Å². The Hall–Kier alpha value is 0.220. The topological polar surface area (TPSA) is 58.2 Å². The van der Waals surface area contributed by atoms with Crippen LogP contribution in [-0.4, -0.2) is 46.3 Å². The van der Waals surface area contributed by atoms with E-state index in [-0.39, 0.29) is 0 Å². The van der Waals surface area contributed by atoms with Crippen LogP contribution in [0.25, 0.3) is 0 Å². The van der Waals surface area contributed by atoms with Crippen LogP contribution in [0, 0.1) is 0 Å². The predicted octanol–water partition coefficient (Wildman–Crippen LogP) is -0.122. The van der Waals surface area contributed by atoms with Gasteiger partial charge in [0.15, 0.2) is 0 Å². The second-order valence-electron chi connectivity index (χ2n) is 2.76. The van der Waals surface area contributed by atoms with Crippen molar-refractivity contribution in [2.45, 2.75) is 6.42 Å². The lowest BCUT2D eigenvalue weighted by molar-refractivity contribution is 0.581. The molecule has 0 aromatic rings. The molecule has 6 heteroatoms. The number of rotatable bonds is 8. The largest absolute Gasteiger partial charge is 0.316 e. The first-order valence-corrected chi connectivity index (χ1v) is 7.49. The smallest absolute Gasteiger partial charge is 0.208 e. The maximum atomic E-state index is 10.6. The van der Waals surface area contributed by atoms with E-state index in [2.05, 4.69) is 16.3 Å². The molecular formula is C7H18N2O2S2. The van der Waals surface area contributed by atoms with Crippen LogP contribution < -0.4 is 10.0 Å². The van der Waals surface area contributed by atoms with Crippen molar-refractivity contribution < 1.29 is 8.42 Å². The van der Waals surface area contributed by atoms with E-state index < -0.39 is 10.0 Å². The summed E-state index contributed by atoms with van der Waals surface area (Å²) in [6.45, 7) is 2.37. The molecular weight excluding hydrogens is 208 g/mol. The van der Waals surface area contributed by atoms with Crippen LogP contribution in [0.4, 0.5) is 0 Å². The van der Waals surface area contributed by atoms with Gasteiger partial charge in [-0.15, -0.1) is 0 Å². The van der Waals surface area contributed by atoms with Gasteiger partial charge in [-0.25, -0.2) is 13.1 Å². The third-order valence-electron chi connectivity index (χ3n) is 1.38. The summed E-state index contributed by atoms with van der Waals surface area (Å²) in [5.41, 5.74) is 0. The van der Waals surface area contributed by atoms with Crippen molar-refractivity contribution in [3.8, 4) is 0 Å². The highest BCUT2D eigenvalue weighted by molar-refractivity contribution is 7.98. The summed E-state index contributed by atoms with van der Waals surface area (Å²) >= 11 is 1.80. The van der Waals surface area contributed by atoms with Crippen LogP contribution >= 0.6 is 11.8 Å². The molecule has 0 radical (unpaired) electrons. The maximum Gasteiger partial charge on any atom is 0.208 e. The fourth-order valence-corrected chi connectivity index (χ4v) is 1.63. The average molecular weight is 226 g/mol. The Morgan fingerprint density at radius 2 is 1.92 bits per heavy atom. The third-order valence-corrected chi connectivity index (χ3v) is 2.72. The molecule has 0 aromatic heterocycles. The summed E-state index contributed by atoms with van der Waals surface area (Å²) in [6.07, 6.45) is 4.07. The standard InChI is InChI=1S/C7H18N2O2S2/c1-12-7-6-8-4-3-5-9-13(2,10)11/h8-9H,3-7H2,1-2H3. The Morgan fingerprint density at radius 3 is 2.46 bits per heavy atom. The second-order valence-corrected chi connectivity index (χ2v) is 5.58. The van der Waals surface area contributed by atoms with Crippen molar-refractivity contribution >= 4 is 21.8 Å². The molecule has 0 amide bonds. The normalized spacial score (nSPS) is 11.8. The lowest BCUT2D eigenvalue weighted by Crippen LogP contribution is -2.27. The summed E-state index contributed by atoms with van der Waals surface area (Å²) in [4.78, 5) is 0. The summed E-state index contributed by atoms with van der Waals surface area (Å²) in [6, 6.07) is 0. The van der Waals surface area contributed by atoms with E-state index in [0.717, 1.165) is 25.3 Å². The van der Waals surface area contributed by atoms with Gasteiger partial charge in [-0.2, -0.15) is 11.8 Å². The van der Waals surface area contributed by atoms with Gasteiger partial charge in [-0.1, -0.05) is 0 Å². The van der Waals surface area contributed by atoms with Crippen LogP contribution in [0.15, 0.2) is 0 Å². The number of sulfonamides is 1. The highest BCUT2D eigenvalue weighted by atomic mass is 32.2. The molecule has 0 atom stereocenters. The zero-order chi connectivity index (χ0) is 10.2. The van der Waals surface area contributed by atoms with Gasteiger partial charge in [0.2, 0.25) is 10.0 Å². The van der Waals surface area contributed by atoms with E-state index >= 15 is 0 Å². The highest BCUT2D eigenvalue weighted by Crippen LogP contribution is 1.87. The molecule has 4 nitrogen and oxygen atoms in total. The Kier molecular flexibility index (Phi) is 7.74. The molecule has 0 aliphatic rings. The van der Waals surface area contributed by atoms with Crippen LogP contribution in [0.2, 0.25) is 0 Å². The minimum atomic E-state index is -3.00. The Bertz CT molecular complexity index is 205. The van der Waals surface area contributed by atoms with Gasteiger partial charge in [0.05, 0.1) is 6.26 Å². The minimum absolute atomic E-state index is 0.519. The number of hydrogen-bond acceptors (Lipinski definition) is 4. The number of hydrogen-bond donors (Lipinski definition) is 2. The molecule has 0 unspecified atom stereocenters. The van der Waals surface area contributed by atoms with Crippen molar-refractivity contribution in [2.75, 3.05) is 37.9 Å². The SMILES string of the molecule is CSCCNCCCNS(C)(=O)=O. The van der Waals surface area contributed by atoms with Crippen molar-refractivity contribution in [1.29, 1.82) is 0 Å². The molecule has 0 aliphatic carbocycles. The fourth-order valence-electron chi connectivity index (χ4n) is 0.770. The van der Waals surface area contributed by atoms with Gasteiger partial charge < -0.3 is 5.32 Å². The van der Waals surface area contributed by atoms with E-state index in [9.17, 15) is 8.42 Å². The van der Waals surface area contributed by atoms with Crippen LogP contribution in [0.5, 0.6) is 0 Å². The number of thioether (sulfide) groups is 1. The Balaban J connectivity index is 3.09. The summed E-state index contributed by atoms with van der Waals surface area (Å²) in [5.74, 6) is 1.10. The second kappa shape index (κ2) is 7.61. The molecule has 0 saturated carbocycles. The van der Waals surface area contributed by atoms with Crippen molar-refractivity contribution in [3.63, 3.8) is 0 Å². The van der Waals surface area contributed by atoms with Crippen molar-refractivity contribution in [1.82, 2.24) is 10.0 Å². The summed E-state index contributed by atoms with van der Waals surface area (Å²) in [5, 5.41) is 3.22. The molecule has 80 valence electrons. The quantitative estimate of drug-likeness (QED) is 0.567. The van der Waals surface area contributed by atoms with Crippen LogP contribution in [-0.2, 0) is 10.0 Å². The minimum Gasteiger partial charge on any atom is -0.316 e. The van der Waals surface area contributed by atoms with Gasteiger partial charge in [-0.3, -0.25) is 0 Å². The average Bonchev–Trinajstić information content (AvgIpc) is 2.01. The monoisotopic (exact) mass is 226 g/mol. The molecule has 0 saturated heterocycles. The summed E-state index contributed by atoms with van der Waals surface area (Å²) < 4.78 is 23.7. The van der Waals surface area contributed by atoms with Gasteiger partial charge in [0.1, 0.15) is 0 Å². The molecule has 2 N–H and O–H groups in total. The molecule has 0 aliphatic heterocycles. The van der Waals surface area contributed by atoms with Crippen molar-refractivity contribution in [2.24, 2.45) is 0 Å². The molecule has 0 aromatic carbocycles. The first-order chi connectivity index (χ1) is 6.06. The van der Waals surface area contributed by atoms with E-state index in [1.165, 1.54) is 6.26 Å². The van der Waals surface area contributed by atoms with E-state index in [0.29, 0.717) is 6.54 Å². The molecule has 0 heterocycles. The molecule has 0 spiro atoms. The lowest BCUT2D eigenvalue weighted by atomic mass is 10.4. The van der Waals surface area contributed by atoms with E-state index in [4.69, 9.17) is 0 Å². The molecule has 0 fully saturated rings. The zero-order valence-electron chi connectivity index (χ0n) is 8.17. The molecule has 13 heavy (non-hydrogen) atoms. The third kappa shape index (κ3) is 12.2. The van der Waals surface area contributed by atoms with Gasteiger partial charge in [-0.05, 0) is 19.2 Å². The molecule has 0 bridgehead atoms. The fraction of sp³-hybridized carbons (Fsp3) is 1.00. The van der Waals surface area contributed by atoms with Crippen molar-refractivity contribution in [3.05, 3.63) is 0 Å².